The van der Waals surface area contributed by atoms with Crippen molar-refractivity contribution in [1.29, 1.82) is 0 Å². The van der Waals surface area contributed by atoms with Gasteiger partial charge in [0, 0.05) is 17.9 Å². The SMILES string of the molecule is CC[C@H]1C(C(=O)OC(C)(C)C)=C[C@@H](c2ccccc2)N2[C@@H]1O[C@@H]1Cc3cccc(C(C)C)c3[C@@H]12. The summed E-state index contributed by atoms with van der Waals surface area (Å²) in [6.07, 6.45) is 3.87. The molecule has 4 heteroatoms. The summed E-state index contributed by atoms with van der Waals surface area (Å²) >= 11 is 0. The predicted octanol–water partition coefficient (Wildman–Crippen LogP) is 6.48. The molecular formula is C30H37NO3. The normalized spacial score (nSPS) is 28.3. The van der Waals surface area contributed by atoms with Crippen LogP contribution in [0.1, 0.15) is 88.2 Å². The highest BCUT2D eigenvalue weighted by molar-refractivity contribution is 5.90. The maximum atomic E-state index is 13.4. The Morgan fingerprint density at radius 1 is 1.12 bits per heavy atom. The maximum Gasteiger partial charge on any atom is 0.334 e. The fourth-order valence-corrected chi connectivity index (χ4v) is 6.12. The van der Waals surface area contributed by atoms with Crippen molar-refractivity contribution in [2.45, 2.75) is 90.3 Å². The summed E-state index contributed by atoms with van der Waals surface area (Å²) in [6, 6.07) is 17.4. The zero-order valence-electron chi connectivity index (χ0n) is 21.2. The fourth-order valence-electron chi connectivity index (χ4n) is 6.12. The number of hydrogen-bond acceptors (Lipinski definition) is 4. The highest BCUT2D eigenvalue weighted by Crippen LogP contribution is 2.55. The van der Waals surface area contributed by atoms with E-state index >= 15 is 0 Å². The third-order valence-electron chi connectivity index (χ3n) is 7.47. The Balaban J connectivity index is 1.64. The molecule has 5 rings (SSSR count). The minimum absolute atomic E-state index is 0.0184. The molecule has 0 unspecified atom stereocenters. The number of carbonyl (C=O) groups is 1. The molecule has 0 bridgehead atoms. The number of fused-ring (bicyclic) bond motifs is 5. The van der Waals surface area contributed by atoms with Crippen molar-refractivity contribution in [3.63, 3.8) is 0 Å². The summed E-state index contributed by atoms with van der Waals surface area (Å²) < 4.78 is 12.7. The Morgan fingerprint density at radius 2 is 1.85 bits per heavy atom. The first-order chi connectivity index (χ1) is 16.2. The highest BCUT2D eigenvalue weighted by atomic mass is 16.6. The molecule has 0 N–H and O–H groups in total. The lowest BCUT2D eigenvalue weighted by Gasteiger charge is -2.43. The average Bonchev–Trinajstić information content (AvgIpc) is 3.33. The van der Waals surface area contributed by atoms with Crippen LogP contribution in [0.15, 0.2) is 60.2 Å². The zero-order valence-corrected chi connectivity index (χ0v) is 21.2. The van der Waals surface area contributed by atoms with E-state index in [4.69, 9.17) is 9.47 Å². The van der Waals surface area contributed by atoms with Gasteiger partial charge in [-0.25, -0.2) is 4.79 Å². The quantitative estimate of drug-likeness (QED) is 0.490. The molecule has 34 heavy (non-hydrogen) atoms. The van der Waals surface area contributed by atoms with Crippen LogP contribution in [0.3, 0.4) is 0 Å². The number of hydrogen-bond donors (Lipinski definition) is 0. The molecular weight excluding hydrogens is 422 g/mol. The first-order valence-electron chi connectivity index (χ1n) is 12.7. The largest absolute Gasteiger partial charge is 0.457 e. The van der Waals surface area contributed by atoms with Crippen molar-refractivity contribution in [2.75, 3.05) is 0 Å². The van der Waals surface area contributed by atoms with Crippen molar-refractivity contribution in [3.8, 4) is 0 Å². The van der Waals surface area contributed by atoms with Gasteiger partial charge in [-0.1, -0.05) is 75.4 Å². The number of rotatable bonds is 4. The molecule has 0 spiro atoms. The fraction of sp³-hybridized carbons (Fsp3) is 0.500. The van der Waals surface area contributed by atoms with Crippen LogP contribution in [0.2, 0.25) is 0 Å². The van der Waals surface area contributed by atoms with Crippen molar-refractivity contribution in [3.05, 3.63) is 82.4 Å². The second kappa shape index (κ2) is 8.66. The number of nitrogens with zero attached hydrogens (tertiary/aromatic N) is 1. The van der Waals surface area contributed by atoms with E-state index in [1.54, 1.807) is 0 Å². The first-order valence-corrected chi connectivity index (χ1v) is 12.7. The highest BCUT2D eigenvalue weighted by Gasteiger charge is 2.55. The number of carbonyl (C=O) groups excluding carboxylic acids is 1. The zero-order chi connectivity index (χ0) is 24.2. The molecule has 2 aromatic rings. The van der Waals surface area contributed by atoms with E-state index < -0.39 is 5.60 Å². The Morgan fingerprint density at radius 3 is 2.50 bits per heavy atom. The van der Waals surface area contributed by atoms with Crippen LogP contribution in [0, 0.1) is 5.92 Å². The van der Waals surface area contributed by atoms with Crippen LogP contribution in [0.4, 0.5) is 0 Å². The van der Waals surface area contributed by atoms with Crippen LogP contribution in [0.5, 0.6) is 0 Å². The van der Waals surface area contributed by atoms with Gasteiger partial charge >= 0.3 is 5.97 Å². The topological polar surface area (TPSA) is 38.8 Å². The van der Waals surface area contributed by atoms with E-state index in [0.29, 0.717) is 5.92 Å². The van der Waals surface area contributed by atoms with Crippen LogP contribution < -0.4 is 0 Å². The Labute approximate surface area is 203 Å². The van der Waals surface area contributed by atoms with Crippen molar-refractivity contribution in [1.82, 2.24) is 4.90 Å². The summed E-state index contributed by atoms with van der Waals surface area (Å²) in [4.78, 5) is 15.9. The van der Waals surface area contributed by atoms with Gasteiger partial charge in [-0.05, 0) is 55.4 Å². The van der Waals surface area contributed by atoms with Crippen LogP contribution in [-0.4, -0.2) is 28.8 Å². The molecule has 2 heterocycles. The Hall–Kier alpha value is -2.43. The molecule has 4 nitrogen and oxygen atoms in total. The van der Waals surface area contributed by atoms with Crippen molar-refractivity contribution in [2.24, 2.45) is 5.92 Å². The van der Waals surface area contributed by atoms with Gasteiger partial charge in [0.15, 0.2) is 0 Å². The van der Waals surface area contributed by atoms with E-state index in [1.807, 2.05) is 26.8 Å². The predicted molar refractivity (Wildman–Crippen MR) is 134 cm³/mol. The number of benzene rings is 2. The molecule has 3 aliphatic rings. The number of ether oxygens (including phenoxy) is 2. The van der Waals surface area contributed by atoms with Gasteiger partial charge in [-0.2, -0.15) is 0 Å². The van der Waals surface area contributed by atoms with Gasteiger partial charge in [-0.15, -0.1) is 0 Å². The standard InChI is InChI=1S/C30H37NO3/c1-7-21-23(29(32)34-30(4,5)6)17-24(19-12-9-8-10-13-19)31-27-25(33-28(21)31)16-20-14-11-15-22(18(2)3)26(20)27/h8-15,17-18,21,24-25,27-28H,7,16H2,1-6H3/t21-,24-,25+,27+,28+/m0/s1. The maximum absolute atomic E-state index is 13.4. The lowest BCUT2D eigenvalue weighted by molar-refractivity contribution is -0.152. The van der Waals surface area contributed by atoms with Gasteiger partial charge in [0.2, 0.25) is 0 Å². The van der Waals surface area contributed by atoms with E-state index in [2.05, 4.69) is 74.2 Å². The molecule has 5 atom stereocenters. The van der Waals surface area contributed by atoms with Gasteiger partial charge < -0.3 is 9.47 Å². The Bertz CT molecular complexity index is 1100. The van der Waals surface area contributed by atoms with Crippen molar-refractivity contribution < 1.29 is 14.3 Å². The molecule has 1 fully saturated rings. The van der Waals surface area contributed by atoms with E-state index in [-0.39, 0.29) is 36.3 Å². The average molecular weight is 460 g/mol. The summed E-state index contributed by atoms with van der Waals surface area (Å²) in [7, 11) is 0. The monoisotopic (exact) mass is 459 g/mol. The van der Waals surface area contributed by atoms with Crippen LogP contribution >= 0.6 is 0 Å². The molecule has 0 aromatic heterocycles. The molecule has 1 aliphatic carbocycles. The van der Waals surface area contributed by atoms with Gasteiger partial charge in [0.1, 0.15) is 11.8 Å². The second-order valence-electron chi connectivity index (χ2n) is 11.2. The second-order valence-corrected chi connectivity index (χ2v) is 11.2. The van der Waals surface area contributed by atoms with Crippen molar-refractivity contribution >= 4 is 5.97 Å². The lowest BCUT2D eigenvalue weighted by Crippen LogP contribution is -2.46. The van der Waals surface area contributed by atoms with Gasteiger partial charge in [0.25, 0.3) is 0 Å². The Kier molecular flexibility index (Phi) is 5.94. The van der Waals surface area contributed by atoms with E-state index in [1.165, 1.54) is 22.3 Å². The molecule has 2 aromatic carbocycles. The summed E-state index contributed by atoms with van der Waals surface area (Å²) in [5.41, 5.74) is 5.66. The minimum Gasteiger partial charge on any atom is -0.457 e. The smallest absolute Gasteiger partial charge is 0.334 e. The van der Waals surface area contributed by atoms with Crippen LogP contribution in [-0.2, 0) is 20.7 Å². The number of esters is 1. The molecule has 2 aliphatic heterocycles. The van der Waals surface area contributed by atoms with E-state index in [9.17, 15) is 4.79 Å². The molecule has 1 saturated heterocycles. The van der Waals surface area contributed by atoms with Gasteiger partial charge in [-0.3, -0.25) is 4.90 Å². The third kappa shape index (κ3) is 3.91. The molecule has 180 valence electrons. The first kappa shape index (κ1) is 23.3. The third-order valence-corrected chi connectivity index (χ3v) is 7.47. The lowest BCUT2D eigenvalue weighted by atomic mass is 9.83. The van der Waals surface area contributed by atoms with Gasteiger partial charge in [0.05, 0.1) is 18.2 Å². The molecule has 0 radical (unpaired) electrons. The molecule has 0 amide bonds. The summed E-state index contributed by atoms with van der Waals surface area (Å²) in [5.74, 6) is 0.210. The molecule has 0 saturated carbocycles. The van der Waals surface area contributed by atoms with Crippen LogP contribution in [0.25, 0.3) is 0 Å². The minimum atomic E-state index is -0.534. The summed E-state index contributed by atoms with van der Waals surface area (Å²) in [5, 5.41) is 0. The van der Waals surface area contributed by atoms with E-state index in [0.717, 1.165) is 18.4 Å². The summed E-state index contributed by atoms with van der Waals surface area (Å²) in [6.45, 7) is 12.5.